The topological polar surface area (TPSA) is 35.5 Å². The number of nitrogens with one attached hydrogen (secondary N) is 1. The molecule has 0 aromatic heterocycles. The number of rotatable bonds is 6. The lowest BCUT2D eigenvalue weighted by Crippen LogP contribution is -2.40. The summed E-state index contributed by atoms with van der Waals surface area (Å²) >= 11 is 0. The Balaban J connectivity index is 1.74. The second kappa shape index (κ2) is 6.51. The smallest absolute Gasteiger partial charge is 0.0494 e. The van der Waals surface area contributed by atoms with Crippen molar-refractivity contribution in [2.75, 3.05) is 26.2 Å². The number of aliphatic hydroxyl groups is 1. The van der Waals surface area contributed by atoms with Gasteiger partial charge in [0.15, 0.2) is 0 Å². The molecule has 1 unspecified atom stereocenters. The van der Waals surface area contributed by atoms with E-state index in [0.29, 0.717) is 6.04 Å². The summed E-state index contributed by atoms with van der Waals surface area (Å²) in [7, 11) is 0. The summed E-state index contributed by atoms with van der Waals surface area (Å²) in [6.45, 7) is 8.62. The fraction of sp³-hybridized carbons (Fsp3) is 0.625. The molecule has 2 N–H and O–H groups in total. The average molecular weight is 262 g/mol. The monoisotopic (exact) mass is 262 g/mol. The van der Waals surface area contributed by atoms with Gasteiger partial charge in [0.2, 0.25) is 0 Å². The molecule has 1 aromatic rings. The predicted molar refractivity (Wildman–Crippen MR) is 79.0 cm³/mol. The van der Waals surface area contributed by atoms with E-state index in [4.69, 9.17) is 0 Å². The Morgan fingerprint density at radius 1 is 1.32 bits per heavy atom. The molecule has 3 nitrogen and oxygen atoms in total. The first kappa shape index (κ1) is 14.5. The zero-order chi connectivity index (χ0) is 13.7. The highest BCUT2D eigenvalue weighted by Gasteiger charge is 2.24. The maximum atomic E-state index is 9.26. The summed E-state index contributed by atoms with van der Waals surface area (Å²) < 4.78 is 0. The number of benzene rings is 1. The van der Waals surface area contributed by atoms with E-state index >= 15 is 0 Å². The second-order valence-electron chi connectivity index (χ2n) is 6.41. The first-order chi connectivity index (χ1) is 9.09. The van der Waals surface area contributed by atoms with E-state index in [1.165, 1.54) is 12.0 Å². The van der Waals surface area contributed by atoms with Crippen molar-refractivity contribution in [1.82, 2.24) is 10.2 Å². The summed E-state index contributed by atoms with van der Waals surface area (Å²) in [6.07, 6.45) is 1.20. The lowest BCUT2D eigenvalue weighted by atomic mass is 9.94. The zero-order valence-electron chi connectivity index (χ0n) is 12.1. The molecular weight excluding hydrogens is 236 g/mol. The third-order valence-corrected chi connectivity index (χ3v) is 3.82. The van der Waals surface area contributed by atoms with Gasteiger partial charge in [-0.3, -0.25) is 4.90 Å². The van der Waals surface area contributed by atoms with Gasteiger partial charge in [-0.25, -0.2) is 0 Å². The Morgan fingerprint density at radius 2 is 2.05 bits per heavy atom. The average Bonchev–Trinajstić information content (AvgIpc) is 2.86. The summed E-state index contributed by atoms with van der Waals surface area (Å²) in [5, 5.41) is 12.9. The summed E-state index contributed by atoms with van der Waals surface area (Å²) in [5.41, 5.74) is 1.37. The van der Waals surface area contributed by atoms with Gasteiger partial charge < -0.3 is 10.4 Å². The van der Waals surface area contributed by atoms with Crippen molar-refractivity contribution in [2.24, 2.45) is 5.41 Å². The van der Waals surface area contributed by atoms with Gasteiger partial charge in [-0.15, -0.1) is 0 Å². The van der Waals surface area contributed by atoms with Crippen LogP contribution in [0.3, 0.4) is 0 Å². The van der Waals surface area contributed by atoms with Crippen LogP contribution in [-0.2, 0) is 6.54 Å². The molecule has 1 atom stereocenters. The Morgan fingerprint density at radius 3 is 2.74 bits per heavy atom. The van der Waals surface area contributed by atoms with E-state index in [1.54, 1.807) is 0 Å². The van der Waals surface area contributed by atoms with Crippen LogP contribution in [0.25, 0.3) is 0 Å². The van der Waals surface area contributed by atoms with Gasteiger partial charge in [-0.05, 0) is 12.0 Å². The van der Waals surface area contributed by atoms with Crippen molar-refractivity contribution in [1.29, 1.82) is 0 Å². The predicted octanol–water partition coefficient (Wildman–Crippen LogP) is 1.87. The minimum absolute atomic E-state index is 0.0210. The van der Waals surface area contributed by atoms with Crippen LogP contribution in [-0.4, -0.2) is 42.3 Å². The first-order valence-electron chi connectivity index (χ1n) is 7.19. The molecule has 1 heterocycles. The highest BCUT2D eigenvalue weighted by Crippen LogP contribution is 2.16. The highest BCUT2D eigenvalue weighted by atomic mass is 16.3. The molecule has 106 valence electrons. The third kappa shape index (κ3) is 4.60. The van der Waals surface area contributed by atoms with Crippen LogP contribution in [0.4, 0.5) is 0 Å². The van der Waals surface area contributed by atoms with Gasteiger partial charge in [-0.2, -0.15) is 0 Å². The Bertz CT molecular complexity index is 378. The summed E-state index contributed by atoms with van der Waals surface area (Å²) in [4.78, 5) is 2.50. The maximum Gasteiger partial charge on any atom is 0.0494 e. The lowest BCUT2D eigenvalue weighted by molar-refractivity contribution is 0.153. The second-order valence-corrected chi connectivity index (χ2v) is 6.41. The van der Waals surface area contributed by atoms with Gasteiger partial charge in [0, 0.05) is 44.2 Å². The van der Waals surface area contributed by atoms with Crippen molar-refractivity contribution in [2.45, 2.75) is 32.9 Å². The normalized spacial score (nSPS) is 20.9. The highest BCUT2D eigenvalue weighted by molar-refractivity contribution is 5.14. The molecule has 3 heteroatoms. The largest absolute Gasteiger partial charge is 0.396 e. The summed E-state index contributed by atoms with van der Waals surface area (Å²) in [6, 6.07) is 11.2. The molecule has 19 heavy (non-hydrogen) atoms. The lowest BCUT2D eigenvalue weighted by Gasteiger charge is -2.25. The van der Waals surface area contributed by atoms with Gasteiger partial charge in [-0.1, -0.05) is 44.2 Å². The molecule has 0 aliphatic carbocycles. The fourth-order valence-corrected chi connectivity index (χ4v) is 2.46. The van der Waals surface area contributed by atoms with E-state index < -0.39 is 0 Å². The quantitative estimate of drug-likeness (QED) is 0.821. The van der Waals surface area contributed by atoms with Gasteiger partial charge in [0.05, 0.1) is 0 Å². The van der Waals surface area contributed by atoms with Crippen LogP contribution < -0.4 is 5.32 Å². The molecule has 0 bridgehead atoms. The van der Waals surface area contributed by atoms with Crippen molar-refractivity contribution >= 4 is 0 Å². The summed E-state index contributed by atoms with van der Waals surface area (Å²) in [5.74, 6) is 0. The van der Waals surface area contributed by atoms with E-state index in [1.807, 2.05) is 0 Å². The fourth-order valence-electron chi connectivity index (χ4n) is 2.46. The molecule has 1 aliphatic heterocycles. The SMILES string of the molecule is CC(C)(CO)CNC1CCN(Cc2ccccc2)C1. The molecule has 1 saturated heterocycles. The van der Waals surface area contributed by atoms with Crippen LogP contribution >= 0.6 is 0 Å². The Labute approximate surface area is 116 Å². The van der Waals surface area contributed by atoms with Crippen molar-refractivity contribution in [3.63, 3.8) is 0 Å². The Kier molecular flexibility index (Phi) is 4.97. The minimum atomic E-state index is -0.0210. The van der Waals surface area contributed by atoms with Crippen LogP contribution in [0.2, 0.25) is 0 Å². The van der Waals surface area contributed by atoms with Crippen LogP contribution in [0.1, 0.15) is 25.8 Å². The zero-order valence-corrected chi connectivity index (χ0v) is 12.1. The standard InChI is InChI=1S/C16H26N2O/c1-16(2,13-19)12-17-15-8-9-18(11-15)10-14-6-4-3-5-7-14/h3-7,15,17,19H,8-13H2,1-2H3. The van der Waals surface area contributed by atoms with Crippen molar-refractivity contribution in [3.05, 3.63) is 35.9 Å². The maximum absolute atomic E-state index is 9.26. The molecule has 2 rings (SSSR count). The molecule has 0 amide bonds. The third-order valence-electron chi connectivity index (χ3n) is 3.82. The van der Waals surface area contributed by atoms with Crippen LogP contribution in [0.15, 0.2) is 30.3 Å². The molecule has 1 aliphatic rings. The molecular formula is C16H26N2O. The molecule has 0 saturated carbocycles. The van der Waals surface area contributed by atoms with Crippen LogP contribution in [0.5, 0.6) is 0 Å². The van der Waals surface area contributed by atoms with E-state index in [2.05, 4.69) is 54.4 Å². The van der Waals surface area contributed by atoms with Crippen LogP contribution in [0, 0.1) is 5.41 Å². The first-order valence-corrected chi connectivity index (χ1v) is 7.19. The minimum Gasteiger partial charge on any atom is -0.396 e. The molecule has 0 spiro atoms. The molecule has 1 fully saturated rings. The Hall–Kier alpha value is -0.900. The van der Waals surface area contributed by atoms with E-state index in [9.17, 15) is 5.11 Å². The molecule has 0 radical (unpaired) electrons. The van der Waals surface area contributed by atoms with Crippen molar-refractivity contribution in [3.8, 4) is 0 Å². The number of likely N-dealkylation sites (tertiary alicyclic amines) is 1. The van der Waals surface area contributed by atoms with Crippen molar-refractivity contribution < 1.29 is 5.11 Å². The number of nitrogens with zero attached hydrogens (tertiary/aromatic N) is 1. The number of aliphatic hydroxyl groups excluding tert-OH is 1. The van der Waals surface area contributed by atoms with Gasteiger partial charge >= 0.3 is 0 Å². The number of hydrogen-bond donors (Lipinski definition) is 2. The van der Waals surface area contributed by atoms with E-state index in [-0.39, 0.29) is 12.0 Å². The van der Waals surface area contributed by atoms with Gasteiger partial charge in [0.1, 0.15) is 0 Å². The van der Waals surface area contributed by atoms with Gasteiger partial charge in [0.25, 0.3) is 0 Å². The number of hydrogen-bond acceptors (Lipinski definition) is 3. The van der Waals surface area contributed by atoms with E-state index in [0.717, 1.165) is 26.2 Å². The molecule has 1 aromatic carbocycles.